The van der Waals surface area contributed by atoms with Crippen LogP contribution in [0.1, 0.15) is 33.1 Å². The average molecular weight is 172 g/mol. The standard InChI is InChI=1S/C10H20O2/c1-3-5-11-7-9(4-2)6-10-8-12-10/h9-10H,3-8H2,1-2H3. The largest absolute Gasteiger partial charge is 0.381 e. The van der Waals surface area contributed by atoms with E-state index in [-0.39, 0.29) is 0 Å². The van der Waals surface area contributed by atoms with Crippen molar-refractivity contribution in [2.45, 2.75) is 39.2 Å². The van der Waals surface area contributed by atoms with Gasteiger partial charge in [0.25, 0.3) is 0 Å². The van der Waals surface area contributed by atoms with Crippen LogP contribution in [0.2, 0.25) is 0 Å². The molecule has 1 heterocycles. The Morgan fingerprint density at radius 2 is 2.25 bits per heavy atom. The van der Waals surface area contributed by atoms with E-state index in [0.717, 1.165) is 26.2 Å². The molecule has 0 spiro atoms. The summed E-state index contributed by atoms with van der Waals surface area (Å²) in [4.78, 5) is 0. The summed E-state index contributed by atoms with van der Waals surface area (Å²) < 4.78 is 10.7. The molecule has 1 saturated heterocycles. The zero-order chi connectivity index (χ0) is 8.81. The molecule has 0 amide bonds. The molecule has 2 heteroatoms. The minimum Gasteiger partial charge on any atom is -0.381 e. The Labute approximate surface area is 75.2 Å². The Morgan fingerprint density at radius 3 is 2.75 bits per heavy atom. The Morgan fingerprint density at radius 1 is 1.50 bits per heavy atom. The van der Waals surface area contributed by atoms with Crippen molar-refractivity contribution in [3.8, 4) is 0 Å². The highest BCUT2D eigenvalue weighted by Crippen LogP contribution is 2.21. The molecule has 12 heavy (non-hydrogen) atoms. The second-order valence-electron chi connectivity index (χ2n) is 3.54. The van der Waals surface area contributed by atoms with Crippen LogP contribution in [-0.2, 0) is 9.47 Å². The Balaban J connectivity index is 1.98. The first-order chi connectivity index (χ1) is 5.86. The maximum Gasteiger partial charge on any atom is 0.0813 e. The summed E-state index contributed by atoms with van der Waals surface area (Å²) >= 11 is 0. The minimum absolute atomic E-state index is 0.556. The molecule has 72 valence electrons. The first-order valence-corrected chi connectivity index (χ1v) is 5.06. The van der Waals surface area contributed by atoms with Gasteiger partial charge in [0.15, 0.2) is 0 Å². The zero-order valence-electron chi connectivity index (χ0n) is 8.21. The van der Waals surface area contributed by atoms with E-state index in [1.807, 2.05) is 0 Å². The number of rotatable bonds is 7. The molecule has 0 N–H and O–H groups in total. The first kappa shape index (κ1) is 10.0. The molecule has 0 aromatic carbocycles. The van der Waals surface area contributed by atoms with Crippen molar-refractivity contribution in [3.63, 3.8) is 0 Å². The molecule has 1 aliphatic rings. The van der Waals surface area contributed by atoms with Gasteiger partial charge in [0.2, 0.25) is 0 Å². The summed E-state index contributed by atoms with van der Waals surface area (Å²) in [7, 11) is 0. The Bertz CT molecular complexity index is 110. The third kappa shape index (κ3) is 4.07. The normalized spacial score (nSPS) is 24.0. The third-order valence-corrected chi connectivity index (χ3v) is 2.28. The van der Waals surface area contributed by atoms with Crippen LogP contribution in [0.5, 0.6) is 0 Å². The highest BCUT2D eigenvalue weighted by atomic mass is 16.6. The number of ether oxygens (including phenoxy) is 2. The summed E-state index contributed by atoms with van der Waals surface area (Å²) in [6.45, 7) is 7.17. The van der Waals surface area contributed by atoms with Gasteiger partial charge in [-0.2, -0.15) is 0 Å². The molecule has 0 radical (unpaired) electrons. The van der Waals surface area contributed by atoms with Crippen molar-refractivity contribution in [2.75, 3.05) is 19.8 Å². The third-order valence-electron chi connectivity index (χ3n) is 2.28. The fourth-order valence-electron chi connectivity index (χ4n) is 1.32. The van der Waals surface area contributed by atoms with Crippen LogP contribution in [0.15, 0.2) is 0 Å². The second-order valence-corrected chi connectivity index (χ2v) is 3.54. The van der Waals surface area contributed by atoms with E-state index in [1.165, 1.54) is 12.8 Å². The fourth-order valence-corrected chi connectivity index (χ4v) is 1.32. The molecule has 1 aliphatic heterocycles. The highest BCUT2D eigenvalue weighted by Gasteiger charge is 2.25. The molecule has 2 nitrogen and oxygen atoms in total. The zero-order valence-corrected chi connectivity index (χ0v) is 8.21. The van der Waals surface area contributed by atoms with Crippen LogP contribution in [0.4, 0.5) is 0 Å². The van der Waals surface area contributed by atoms with Crippen molar-refractivity contribution in [1.29, 1.82) is 0 Å². The molecule has 2 unspecified atom stereocenters. The van der Waals surface area contributed by atoms with Gasteiger partial charge in [-0.15, -0.1) is 0 Å². The molecule has 0 saturated carbocycles. The summed E-state index contributed by atoms with van der Waals surface area (Å²) in [6, 6.07) is 0. The lowest BCUT2D eigenvalue weighted by molar-refractivity contribution is 0.0921. The number of hydrogen-bond acceptors (Lipinski definition) is 2. The summed E-state index contributed by atoms with van der Waals surface area (Å²) in [5.41, 5.74) is 0. The van der Waals surface area contributed by atoms with E-state index < -0.39 is 0 Å². The van der Waals surface area contributed by atoms with E-state index in [1.54, 1.807) is 0 Å². The quantitative estimate of drug-likeness (QED) is 0.434. The van der Waals surface area contributed by atoms with Crippen molar-refractivity contribution < 1.29 is 9.47 Å². The smallest absolute Gasteiger partial charge is 0.0813 e. The fraction of sp³-hybridized carbons (Fsp3) is 1.00. The molecule has 1 fully saturated rings. The number of epoxide rings is 1. The molecule has 0 bridgehead atoms. The lowest BCUT2D eigenvalue weighted by Gasteiger charge is -2.12. The molecule has 1 rings (SSSR count). The van der Waals surface area contributed by atoms with E-state index in [2.05, 4.69) is 13.8 Å². The molecule has 0 aromatic rings. The maximum absolute atomic E-state index is 5.51. The van der Waals surface area contributed by atoms with Gasteiger partial charge in [-0.3, -0.25) is 0 Å². The second kappa shape index (κ2) is 5.55. The molecule has 0 aliphatic carbocycles. The minimum atomic E-state index is 0.556. The van der Waals surface area contributed by atoms with Gasteiger partial charge in [0.05, 0.1) is 12.7 Å². The summed E-state index contributed by atoms with van der Waals surface area (Å²) in [6.07, 6.45) is 4.08. The molecule has 2 atom stereocenters. The lowest BCUT2D eigenvalue weighted by atomic mass is 10.0. The van der Waals surface area contributed by atoms with E-state index in [0.29, 0.717) is 12.0 Å². The SMILES string of the molecule is CCCOCC(CC)CC1CO1. The van der Waals surface area contributed by atoms with Gasteiger partial charge in [0, 0.05) is 13.2 Å². The molecular weight excluding hydrogens is 152 g/mol. The van der Waals surface area contributed by atoms with Crippen molar-refractivity contribution in [2.24, 2.45) is 5.92 Å². The highest BCUT2D eigenvalue weighted by molar-refractivity contribution is 4.73. The van der Waals surface area contributed by atoms with Gasteiger partial charge in [-0.1, -0.05) is 20.3 Å². The van der Waals surface area contributed by atoms with Crippen LogP contribution < -0.4 is 0 Å². The predicted octanol–water partition coefficient (Wildman–Crippen LogP) is 2.23. The summed E-state index contributed by atoms with van der Waals surface area (Å²) in [5, 5.41) is 0. The molecular formula is C10H20O2. The van der Waals surface area contributed by atoms with Crippen LogP contribution in [0, 0.1) is 5.92 Å². The topological polar surface area (TPSA) is 21.8 Å². The van der Waals surface area contributed by atoms with Gasteiger partial charge in [0.1, 0.15) is 0 Å². The summed E-state index contributed by atoms with van der Waals surface area (Å²) in [5.74, 6) is 0.712. The van der Waals surface area contributed by atoms with Crippen molar-refractivity contribution in [3.05, 3.63) is 0 Å². The Hall–Kier alpha value is -0.0800. The number of hydrogen-bond donors (Lipinski definition) is 0. The Kier molecular flexibility index (Phi) is 4.62. The van der Waals surface area contributed by atoms with Crippen molar-refractivity contribution >= 4 is 0 Å². The van der Waals surface area contributed by atoms with Gasteiger partial charge in [-0.25, -0.2) is 0 Å². The van der Waals surface area contributed by atoms with Crippen LogP contribution >= 0.6 is 0 Å². The van der Waals surface area contributed by atoms with E-state index in [4.69, 9.17) is 9.47 Å². The van der Waals surface area contributed by atoms with Crippen LogP contribution in [0.25, 0.3) is 0 Å². The first-order valence-electron chi connectivity index (χ1n) is 5.06. The lowest BCUT2D eigenvalue weighted by Crippen LogP contribution is -2.11. The van der Waals surface area contributed by atoms with Crippen LogP contribution in [-0.4, -0.2) is 25.9 Å². The van der Waals surface area contributed by atoms with Gasteiger partial charge in [-0.05, 0) is 18.8 Å². The predicted molar refractivity (Wildman–Crippen MR) is 49.2 cm³/mol. The van der Waals surface area contributed by atoms with Crippen LogP contribution in [0.3, 0.4) is 0 Å². The maximum atomic E-state index is 5.51. The van der Waals surface area contributed by atoms with Gasteiger partial charge >= 0.3 is 0 Å². The molecule has 0 aromatic heterocycles. The van der Waals surface area contributed by atoms with Crippen molar-refractivity contribution in [1.82, 2.24) is 0 Å². The average Bonchev–Trinajstić information content (AvgIpc) is 2.87. The van der Waals surface area contributed by atoms with Gasteiger partial charge < -0.3 is 9.47 Å². The van der Waals surface area contributed by atoms with E-state index >= 15 is 0 Å². The monoisotopic (exact) mass is 172 g/mol. The van der Waals surface area contributed by atoms with E-state index in [9.17, 15) is 0 Å².